The number of hydrazone groups is 1. The van der Waals surface area contributed by atoms with E-state index in [4.69, 9.17) is 4.74 Å². The number of amidine groups is 1. The molecule has 1 atom stereocenters. The Morgan fingerprint density at radius 1 is 1.38 bits per heavy atom. The number of ether oxygens (including phenoxy) is 1. The lowest BCUT2D eigenvalue weighted by molar-refractivity contribution is 0.118. The Hall–Kier alpha value is -1.64. The van der Waals surface area contributed by atoms with Gasteiger partial charge in [0.25, 0.3) is 0 Å². The maximum Gasteiger partial charge on any atom is 0.194 e. The first-order valence-corrected chi connectivity index (χ1v) is 10.7. The molecule has 0 unspecified atom stereocenters. The largest absolute Gasteiger partial charge is 0.376 e. The van der Waals surface area contributed by atoms with Gasteiger partial charge in [0.15, 0.2) is 10.3 Å². The minimum Gasteiger partial charge on any atom is -0.376 e. The Morgan fingerprint density at radius 2 is 2.27 bits per heavy atom. The lowest BCUT2D eigenvalue weighted by Gasteiger charge is -2.16. The lowest BCUT2D eigenvalue weighted by Crippen LogP contribution is -2.26. The van der Waals surface area contributed by atoms with Crippen molar-refractivity contribution in [3.8, 4) is 5.13 Å². The number of aromatic nitrogens is 2. The first-order chi connectivity index (χ1) is 12.6. The van der Waals surface area contributed by atoms with Gasteiger partial charge in [0.05, 0.1) is 24.1 Å². The third-order valence-electron chi connectivity index (χ3n) is 4.63. The molecule has 4 heterocycles. The summed E-state index contributed by atoms with van der Waals surface area (Å²) in [4.78, 5) is 9.24. The summed E-state index contributed by atoms with van der Waals surface area (Å²) in [6.07, 6.45) is 2.53. The molecule has 0 saturated carbocycles. The molecule has 0 radical (unpaired) electrons. The second kappa shape index (κ2) is 7.54. The van der Waals surface area contributed by atoms with E-state index in [-0.39, 0.29) is 6.10 Å². The van der Waals surface area contributed by atoms with Gasteiger partial charge in [-0.25, -0.2) is 4.98 Å². The summed E-state index contributed by atoms with van der Waals surface area (Å²) in [5.74, 6) is 0.818. The highest BCUT2D eigenvalue weighted by Crippen LogP contribution is 2.25. The van der Waals surface area contributed by atoms with Gasteiger partial charge in [-0.1, -0.05) is 11.8 Å². The van der Waals surface area contributed by atoms with Crippen LogP contribution >= 0.6 is 23.1 Å². The topological polar surface area (TPSA) is 63.8 Å². The highest BCUT2D eigenvalue weighted by atomic mass is 32.2. The minimum absolute atomic E-state index is 0.274. The zero-order valence-corrected chi connectivity index (χ0v) is 16.9. The van der Waals surface area contributed by atoms with Gasteiger partial charge >= 0.3 is 0 Å². The van der Waals surface area contributed by atoms with Crippen LogP contribution in [-0.4, -0.2) is 45.4 Å². The van der Waals surface area contributed by atoms with Gasteiger partial charge in [-0.15, -0.1) is 11.3 Å². The SMILES string of the molecule is Cc1csc(-n2c(C)cc(C3=NNC(=NC[C@H]4CCCO4)SC3)c2C)n1. The predicted molar refractivity (Wildman–Crippen MR) is 109 cm³/mol. The standard InChI is InChI=1S/C18H23N5OS2/c1-11-9-26-18(20-11)23-12(2)7-15(13(23)3)16-10-25-17(22-21-16)19-8-14-5-4-6-24-14/h7,9,14H,4-6,8,10H2,1-3H3,(H,19,22)/t14-/m1/s1. The van der Waals surface area contributed by atoms with Crippen LogP contribution < -0.4 is 5.43 Å². The molecule has 0 aromatic carbocycles. The van der Waals surface area contributed by atoms with Crippen molar-refractivity contribution in [1.29, 1.82) is 0 Å². The van der Waals surface area contributed by atoms with Crippen LogP contribution in [0, 0.1) is 20.8 Å². The number of thiazole rings is 1. The quantitative estimate of drug-likeness (QED) is 0.870. The molecule has 2 aromatic heterocycles. The maximum atomic E-state index is 5.62. The second-order valence-electron chi connectivity index (χ2n) is 6.63. The fourth-order valence-electron chi connectivity index (χ4n) is 3.30. The molecule has 26 heavy (non-hydrogen) atoms. The highest BCUT2D eigenvalue weighted by molar-refractivity contribution is 8.14. The Bertz CT molecular complexity index is 861. The number of nitrogens with one attached hydrogen (secondary N) is 1. The fourth-order valence-corrected chi connectivity index (χ4v) is 4.98. The van der Waals surface area contributed by atoms with Crippen molar-refractivity contribution in [2.45, 2.75) is 39.7 Å². The molecule has 0 spiro atoms. The highest BCUT2D eigenvalue weighted by Gasteiger charge is 2.21. The summed E-state index contributed by atoms with van der Waals surface area (Å²) in [6, 6.07) is 2.20. The number of hydrogen-bond donors (Lipinski definition) is 1. The van der Waals surface area contributed by atoms with Crippen LogP contribution in [0.15, 0.2) is 21.5 Å². The average molecular weight is 390 g/mol. The third kappa shape index (κ3) is 3.58. The molecule has 0 amide bonds. The average Bonchev–Trinajstić information content (AvgIpc) is 3.35. The van der Waals surface area contributed by atoms with Crippen molar-refractivity contribution in [2.24, 2.45) is 10.1 Å². The summed E-state index contributed by atoms with van der Waals surface area (Å²) in [6.45, 7) is 7.86. The third-order valence-corrected chi connectivity index (χ3v) is 6.49. The Morgan fingerprint density at radius 3 is 2.92 bits per heavy atom. The summed E-state index contributed by atoms with van der Waals surface area (Å²) >= 11 is 3.37. The van der Waals surface area contributed by atoms with Crippen LogP contribution in [0.2, 0.25) is 0 Å². The molecule has 0 aliphatic carbocycles. The molecular weight excluding hydrogens is 366 g/mol. The Labute approximate surface area is 161 Å². The van der Waals surface area contributed by atoms with Gasteiger partial charge in [-0.05, 0) is 39.7 Å². The predicted octanol–water partition coefficient (Wildman–Crippen LogP) is 3.43. The first kappa shape index (κ1) is 17.8. The van der Waals surface area contributed by atoms with E-state index in [9.17, 15) is 0 Å². The van der Waals surface area contributed by atoms with E-state index in [1.807, 2.05) is 6.92 Å². The van der Waals surface area contributed by atoms with Gasteiger partial charge in [-0.3, -0.25) is 15.0 Å². The van der Waals surface area contributed by atoms with E-state index in [1.165, 1.54) is 17.0 Å². The van der Waals surface area contributed by atoms with Gasteiger partial charge in [-0.2, -0.15) is 5.10 Å². The van der Waals surface area contributed by atoms with Crippen LogP contribution in [0.1, 0.15) is 35.5 Å². The molecule has 138 valence electrons. The van der Waals surface area contributed by atoms with Crippen LogP contribution in [0.4, 0.5) is 0 Å². The molecule has 2 aliphatic rings. The number of aliphatic imine (C=N–C) groups is 1. The number of hydrogen-bond acceptors (Lipinski definition) is 6. The maximum absolute atomic E-state index is 5.62. The summed E-state index contributed by atoms with van der Waals surface area (Å²) < 4.78 is 7.83. The molecule has 2 aliphatic heterocycles. The fraction of sp³-hybridized carbons (Fsp3) is 0.500. The number of rotatable bonds is 4. The summed E-state index contributed by atoms with van der Waals surface area (Å²) in [5, 5.41) is 8.56. The molecule has 8 heteroatoms. The zero-order valence-electron chi connectivity index (χ0n) is 15.3. The molecule has 1 N–H and O–H groups in total. The zero-order chi connectivity index (χ0) is 18.1. The van der Waals surface area contributed by atoms with Crippen molar-refractivity contribution in [3.05, 3.63) is 34.1 Å². The number of nitrogens with zero attached hydrogens (tertiary/aromatic N) is 4. The van der Waals surface area contributed by atoms with E-state index in [2.05, 4.69) is 50.4 Å². The van der Waals surface area contributed by atoms with Gasteiger partial charge < -0.3 is 4.74 Å². The molecule has 4 rings (SSSR count). The normalized spacial score (nSPS) is 21.9. The summed E-state index contributed by atoms with van der Waals surface area (Å²) in [5.41, 5.74) is 8.75. The first-order valence-electron chi connectivity index (χ1n) is 8.85. The van der Waals surface area contributed by atoms with E-state index in [1.54, 1.807) is 23.1 Å². The van der Waals surface area contributed by atoms with Crippen molar-refractivity contribution in [2.75, 3.05) is 18.9 Å². The van der Waals surface area contributed by atoms with E-state index in [0.29, 0.717) is 0 Å². The van der Waals surface area contributed by atoms with Gasteiger partial charge in [0.2, 0.25) is 0 Å². The monoisotopic (exact) mass is 389 g/mol. The molecule has 1 fully saturated rings. The van der Waals surface area contributed by atoms with Gasteiger partial charge in [0.1, 0.15) is 0 Å². The number of aryl methyl sites for hydroxylation is 2. The second-order valence-corrected chi connectivity index (χ2v) is 8.43. The summed E-state index contributed by atoms with van der Waals surface area (Å²) in [7, 11) is 0. The van der Waals surface area contributed by atoms with Crippen LogP contribution in [-0.2, 0) is 4.74 Å². The molecule has 2 aromatic rings. The Balaban J connectivity index is 1.51. The van der Waals surface area contributed by atoms with Crippen LogP contribution in [0.25, 0.3) is 5.13 Å². The van der Waals surface area contributed by atoms with Crippen molar-refractivity contribution >= 4 is 34.0 Å². The lowest BCUT2D eigenvalue weighted by atomic mass is 10.1. The van der Waals surface area contributed by atoms with Crippen molar-refractivity contribution in [3.63, 3.8) is 0 Å². The van der Waals surface area contributed by atoms with Gasteiger partial charge in [0, 0.05) is 34.7 Å². The van der Waals surface area contributed by atoms with Crippen molar-refractivity contribution in [1.82, 2.24) is 15.0 Å². The molecule has 0 bridgehead atoms. The number of thioether (sulfide) groups is 1. The minimum atomic E-state index is 0.274. The Kier molecular flexibility index (Phi) is 5.15. The molecule has 1 saturated heterocycles. The van der Waals surface area contributed by atoms with Crippen LogP contribution in [0.3, 0.4) is 0 Å². The van der Waals surface area contributed by atoms with E-state index < -0.39 is 0 Å². The smallest absolute Gasteiger partial charge is 0.194 e. The molecular formula is C18H23N5OS2. The van der Waals surface area contributed by atoms with E-state index >= 15 is 0 Å². The van der Waals surface area contributed by atoms with E-state index in [0.717, 1.165) is 53.5 Å². The molecule has 6 nitrogen and oxygen atoms in total. The van der Waals surface area contributed by atoms with Crippen molar-refractivity contribution < 1.29 is 4.74 Å². The van der Waals surface area contributed by atoms with Crippen LogP contribution in [0.5, 0.6) is 0 Å².